The number of ether oxygens (including phenoxy) is 1. The van der Waals surface area contributed by atoms with Gasteiger partial charge in [0.25, 0.3) is 0 Å². The topological polar surface area (TPSA) is 21.3 Å². The van der Waals surface area contributed by atoms with Crippen molar-refractivity contribution in [1.82, 2.24) is 5.32 Å². The van der Waals surface area contributed by atoms with Gasteiger partial charge in [-0.25, -0.2) is 0 Å². The second-order valence-electron chi connectivity index (χ2n) is 4.75. The molecule has 2 atom stereocenters. The van der Waals surface area contributed by atoms with E-state index < -0.39 is 0 Å². The lowest BCUT2D eigenvalue weighted by Crippen LogP contribution is -2.33. The van der Waals surface area contributed by atoms with E-state index in [2.05, 4.69) is 36.5 Å². The summed E-state index contributed by atoms with van der Waals surface area (Å²) in [6.07, 6.45) is 1.25. The number of hydrogen-bond acceptors (Lipinski definition) is 2. The van der Waals surface area contributed by atoms with Gasteiger partial charge in [-0.1, -0.05) is 31.2 Å². The molecule has 88 valence electrons. The predicted octanol–water partition coefficient (Wildman–Crippen LogP) is 2.55. The van der Waals surface area contributed by atoms with Crippen LogP contribution in [-0.4, -0.2) is 20.2 Å². The first-order valence-electron chi connectivity index (χ1n) is 6.09. The number of hydrogen-bond donors (Lipinski definition) is 1. The minimum atomic E-state index is 0.707. The Labute approximate surface area is 98.0 Å². The lowest BCUT2D eigenvalue weighted by atomic mass is 9.82. The summed E-state index contributed by atoms with van der Waals surface area (Å²) in [7, 11) is 1.75. The Balaban J connectivity index is 2.15. The fraction of sp³-hybridized carbons (Fsp3) is 0.571. The lowest BCUT2D eigenvalue weighted by molar-refractivity contribution is 0.184. The van der Waals surface area contributed by atoms with Gasteiger partial charge in [-0.2, -0.15) is 0 Å². The van der Waals surface area contributed by atoms with Crippen LogP contribution in [0.4, 0.5) is 0 Å². The van der Waals surface area contributed by atoms with Crippen LogP contribution in [0, 0.1) is 5.92 Å². The first-order chi connectivity index (χ1) is 7.81. The third-order valence-electron chi connectivity index (χ3n) is 3.48. The number of methoxy groups -OCH3 is 1. The summed E-state index contributed by atoms with van der Waals surface area (Å²) in [5, 5.41) is 3.45. The van der Waals surface area contributed by atoms with E-state index >= 15 is 0 Å². The van der Waals surface area contributed by atoms with Crippen LogP contribution in [0.3, 0.4) is 0 Å². The minimum Gasteiger partial charge on any atom is -0.380 e. The van der Waals surface area contributed by atoms with Gasteiger partial charge in [0.05, 0.1) is 6.61 Å². The van der Waals surface area contributed by atoms with Crippen molar-refractivity contribution in [2.45, 2.75) is 25.9 Å². The van der Waals surface area contributed by atoms with Gasteiger partial charge in [0.15, 0.2) is 0 Å². The smallest absolute Gasteiger partial charge is 0.0713 e. The van der Waals surface area contributed by atoms with Crippen LogP contribution in [-0.2, 0) is 11.3 Å². The second kappa shape index (κ2) is 5.46. The van der Waals surface area contributed by atoms with Crippen molar-refractivity contribution in [2.24, 2.45) is 5.92 Å². The van der Waals surface area contributed by atoms with E-state index in [0.29, 0.717) is 12.5 Å². The maximum absolute atomic E-state index is 5.18. The number of rotatable bonds is 3. The zero-order valence-electron chi connectivity index (χ0n) is 10.2. The predicted molar refractivity (Wildman–Crippen MR) is 66.5 cm³/mol. The zero-order valence-corrected chi connectivity index (χ0v) is 10.2. The monoisotopic (exact) mass is 219 g/mol. The molecule has 1 aliphatic rings. The molecule has 2 nitrogen and oxygen atoms in total. The molecule has 1 saturated heterocycles. The van der Waals surface area contributed by atoms with Gasteiger partial charge in [0.2, 0.25) is 0 Å². The molecule has 1 N–H and O–H groups in total. The van der Waals surface area contributed by atoms with Crippen molar-refractivity contribution in [3.05, 3.63) is 35.4 Å². The Morgan fingerprint density at radius 2 is 2.31 bits per heavy atom. The third-order valence-corrected chi connectivity index (χ3v) is 3.48. The Kier molecular flexibility index (Phi) is 3.97. The normalized spacial score (nSPS) is 25.6. The number of piperidine rings is 1. The molecule has 0 bridgehead atoms. The van der Waals surface area contributed by atoms with Gasteiger partial charge < -0.3 is 10.1 Å². The maximum atomic E-state index is 5.18. The first kappa shape index (κ1) is 11.6. The van der Waals surface area contributed by atoms with Gasteiger partial charge in [-0.05, 0) is 42.5 Å². The van der Waals surface area contributed by atoms with Crippen molar-refractivity contribution >= 4 is 0 Å². The molecule has 1 aliphatic heterocycles. The molecule has 2 rings (SSSR count). The highest BCUT2D eigenvalue weighted by Crippen LogP contribution is 2.30. The molecule has 0 radical (unpaired) electrons. The van der Waals surface area contributed by atoms with Crippen LogP contribution in [0.5, 0.6) is 0 Å². The molecule has 1 fully saturated rings. The van der Waals surface area contributed by atoms with E-state index in [0.717, 1.165) is 19.0 Å². The first-order valence-corrected chi connectivity index (χ1v) is 6.09. The standard InChI is InChI=1S/C14H21NO/c1-11-9-15-7-6-14(11)13-5-3-4-12(8-13)10-16-2/h3-5,8,11,14-15H,6-7,9-10H2,1-2H3. The SMILES string of the molecule is COCc1cccc(C2CCNCC2C)c1. The number of benzene rings is 1. The Morgan fingerprint density at radius 1 is 1.44 bits per heavy atom. The maximum Gasteiger partial charge on any atom is 0.0713 e. The summed E-state index contributed by atoms with van der Waals surface area (Å²) in [6.45, 7) is 5.33. The molecule has 0 aromatic heterocycles. The van der Waals surface area contributed by atoms with Crippen LogP contribution in [0.1, 0.15) is 30.4 Å². The highest BCUT2D eigenvalue weighted by Gasteiger charge is 2.22. The van der Waals surface area contributed by atoms with Crippen molar-refractivity contribution in [3.63, 3.8) is 0 Å². The Hall–Kier alpha value is -0.860. The minimum absolute atomic E-state index is 0.707. The van der Waals surface area contributed by atoms with Crippen LogP contribution >= 0.6 is 0 Å². The largest absolute Gasteiger partial charge is 0.380 e. The van der Waals surface area contributed by atoms with Gasteiger partial charge in [-0.3, -0.25) is 0 Å². The molecule has 0 spiro atoms. The van der Waals surface area contributed by atoms with E-state index in [-0.39, 0.29) is 0 Å². The second-order valence-corrected chi connectivity index (χ2v) is 4.75. The Morgan fingerprint density at radius 3 is 3.06 bits per heavy atom. The van der Waals surface area contributed by atoms with Gasteiger partial charge in [0.1, 0.15) is 0 Å². The van der Waals surface area contributed by atoms with Crippen LogP contribution in [0.2, 0.25) is 0 Å². The van der Waals surface area contributed by atoms with E-state index in [1.165, 1.54) is 17.5 Å². The van der Waals surface area contributed by atoms with Gasteiger partial charge in [0, 0.05) is 7.11 Å². The van der Waals surface area contributed by atoms with Crippen molar-refractivity contribution < 1.29 is 4.74 Å². The van der Waals surface area contributed by atoms with E-state index in [1.54, 1.807) is 7.11 Å². The molecule has 2 unspecified atom stereocenters. The van der Waals surface area contributed by atoms with E-state index in [1.807, 2.05) is 0 Å². The van der Waals surface area contributed by atoms with Crippen LogP contribution < -0.4 is 5.32 Å². The average molecular weight is 219 g/mol. The summed E-state index contributed by atoms with van der Waals surface area (Å²) >= 11 is 0. The zero-order chi connectivity index (χ0) is 11.4. The molecule has 0 aliphatic carbocycles. The van der Waals surface area contributed by atoms with E-state index in [4.69, 9.17) is 4.74 Å². The lowest BCUT2D eigenvalue weighted by Gasteiger charge is -2.30. The summed E-state index contributed by atoms with van der Waals surface area (Å²) in [4.78, 5) is 0. The molecule has 1 aromatic carbocycles. The molecule has 0 saturated carbocycles. The summed E-state index contributed by atoms with van der Waals surface area (Å²) in [5.74, 6) is 1.43. The summed E-state index contributed by atoms with van der Waals surface area (Å²) in [6, 6.07) is 8.85. The number of nitrogens with one attached hydrogen (secondary N) is 1. The summed E-state index contributed by atoms with van der Waals surface area (Å²) < 4.78 is 5.18. The van der Waals surface area contributed by atoms with Crippen molar-refractivity contribution in [2.75, 3.05) is 20.2 Å². The molecular weight excluding hydrogens is 198 g/mol. The highest BCUT2D eigenvalue weighted by atomic mass is 16.5. The van der Waals surface area contributed by atoms with Gasteiger partial charge >= 0.3 is 0 Å². The molecule has 0 amide bonds. The fourth-order valence-electron chi connectivity index (χ4n) is 2.59. The van der Waals surface area contributed by atoms with Crippen molar-refractivity contribution in [3.8, 4) is 0 Å². The highest BCUT2D eigenvalue weighted by molar-refractivity contribution is 5.27. The van der Waals surface area contributed by atoms with E-state index in [9.17, 15) is 0 Å². The van der Waals surface area contributed by atoms with Gasteiger partial charge in [-0.15, -0.1) is 0 Å². The third kappa shape index (κ3) is 2.63. The molecule has 16 heavy (non-hydrogen) atoms. The molecule has 2 heteroatoms. The quantitative estimate of drug-likeness (QED) is 0.843. The Bertz CT molecular complexity index is 337. The molecule has 1 heterocycles. The van der Waals surface area contributed by atoms with Crippen LogP contribution in [0.15, 0.2) is 24.3 Å². The fourth-order valence-corrected chi connectivity index (χ4v) is 2.59. The van der Waals surface area contributed by atoms with Crippen LogP contribution in [0.25, 0.3) is 0 Å². The molecular formula is C14H21NO. The average Bonchev–Trinajstić information content (AvgIpc) is 2.30. The van der Waals surface area contributed by atoms with Crippen molar-refractivity contribution in [1.29, 1.82) is 0 Å². The molecule has 1 aromatic rings. The summed E-state index contributed by atoms with van der Waals surface area (Å²) in [5.41, 5.74) is 2.76.